The number of likely N-dealkylation sites (tertiary alicyclic amines) is 1. The number of carbonyl (C=O) groups excluding carboxylic acids is 1. The molecule has 3 aliphatic heterocycles. The molecule has 1 aromatic heterocycles. The second kappa shape index (κ2) is 14.5. The maximum Gasteiger partial charge on any atom is 0.490 e. The van der Waals surface area contributed by atoms with Gasteiger partial charge in [-0.05, 0) is 49.5 Å². The van der Waals surface area contributed by atoms with Crippen molar-refractivity contribution in [1.82, 2.24) is 14.1 Å². The fraction of sp³-hybridized carbons (Fsp3) is 0.793. The molecule has 4 fully saturated rings. The molecule has 4 aliphatic rings. The van der Waals surface area contributed by atoms with Gasteiger partial charge in [0, 0.05) is 51.6 Å². The predicted octanol–water partition coefficient (Wildman–Crippen LogP) is 5.96. The van der Waals surface area contributed by atoms with Gasteiger partial charge in [0.25, 0.3) is 10.0 Å². The van der Waals surface area contributed by atoms with Gasteiger partial charge in [0.2, 0.25) is 0 Å². The molecule has 0 aromatic carbocycles. The maximum absolute atomic E-state index is 13.1. The van der Waals surface area contributed by atoms with Crippen molar-refractivity contribution in [3.8, 4) is 0 Å². The summed E-state index contributed by atoms with van der Waals surface area (Å²) in [6.07, 6.45) is 8.05. The number of piperidine rings is 2. The van der Waals surface area contributed by atoms with E-state index in [1.807, 2.05) is 5.38 Å². The SMILES string of the molecule is CCCCC1N(CC2CCCCC2)C(=O)OC12CCN(C1CCN(S(=O)(=O)c3cccs3)CC1)CC2.O=C(O)C(F)(F)F. The van der Waals surface area contributed by atoms with Gasteiger partial charge in [-0.1, -0.05) is 45.1 Å². The first kappa shape index (κ1) is 34.0. The number of alkyl halides is 3. The van der Waals surface area contributed by atoms with Crippen LogP contribution in [0.3, 0.4) is 0 Å². The third-order valence-electron chi connectivity index (χ3n) is 9.44. The molecule has 1 spiro atoms. The molecule has 0 radical (unpaired) electrons. The number of amides is 1. The van der Waals surface area contributed by atoms with E-state index in [1.165, 1.54) is 43.4 Å². The Morgan fingerprint density at radius 1 is 1.09 bits per heavy atom. The average Bonchev–Trinajstić information content (AvgIpc) is 3.61. The Bertz CT molecular complexity index is 1160. The minimum absolute atomic E-state index is 0.0813. The highest BCUT2D eigenvalue weighted by Crippen LogP contribution is 2.43. The molecule has 0 bridgehead atoms. The molecule has 244 valence electrons. The normalized spacial score (nSPS) is 24.5. The van der Waals surface area contributed by atoms with Crippen LogP contribution < -0.4 is 0 Å². The van der Waals surface area contributed by atoms with Crippen LogP contribution in [0.2, 0.25) is 0 Å². The van der Waals surface area contributed by atoms with Gasteiger partial charge in [0.1, 0.15) is 9.81 Å². The Balaban J connectivity index is 0.000000541. The number of carbonyl (C=O) groups is 2. The topological polar surface area (TPSA) is 107 Å². The minimum Gasteiger partial charge on any atom is -0.475 e. The maximum atomic E-state index is 13.1. The van der Waals surface area contributed by atoms with Crippen molar-refractivity contribution >= 4 is 33.4 Å². The van der Waals surface area contributed by atoms with Gasteiger partial charge in [-0.2, -0.15) is 17.5 Å². The Hall–Kier alpha value is -1.90. The molecule has 1 atom stereocenters. The predicted molar refractivity (Wildman–Crippen MR) is 156 cm³/mol. The van der Waals surface area contributed by atoms with E-state index in [9.17, 15) is 26.4 Å². The quantitative estimate of drug-likeness (QED) is 0.370. The number of ether oxygens (including phenoxy) is 1. The fourth-order valence-electron chi connectivity index (χ4n) is 7.07. The number of aliphatic carboxylic acids is 1. The van der Waals surface area contributed by atoms with E-state index in [2.05, 4.69) is 16.7 Å². The third kappa shape index (κ3) is 8.23. The summed E-state index contributed by atoms with van der Waals surface area (Å²) in [5.74, 6) is -2.13. The van der Waals surface area contributed by atoms with Crippen LogP contribution in [0.5, 0.6) is 0 Å². The van der Waals surface area contributed by atoms with Crippen LogP contribution in [0, 0.1) is 5.92 Å². The molecular weight excluding hydrogens is 607 g/mol. The van der Waals surface area contributed by atoms with E-state index in [0.29, 0.717) is 29.3 Å². The lowest BCUT2D eigenvalue weighted by atomic mass is 9.80. The van der Waals surface area contributed by atoms with Crippen LogP contribution >= 0.6 is 11.3 Å². The van der Waals surface area contributed by atoms with E-state index < -0.39 is 22.2 Å². The molecule has 1 unspecified atom stereocenters. The molecular formula is C29H44F3N3O6S2. The van der Waals surface area contributed by atoms with Crippen LogP contribution in [0.4, 0.5) is 18.0 Å². The summed E-state index contributed by atoms with van der Waals surface area (Å²) in [5.41, 5.74) is -0.347. The number of hydrogen-bond donors (Lipinski definition) is 1. The van der Waals surface area contributed by atoms with Gasteiger partial charge < -0.3 is 14.7 Å². The summed E-state index contributed by atoms with van der Waals surface area (Å²) < 4.78 is 65.9. The van der Waals surface area contributed by atoms with Crippen molar-refractivity contribution in [2.24, 2.45) is 5.92 Å². The summed E-state index contributed by atoms with van der Waals surface area (Å²) in [6.45, 7) is 6.11. The molecule has 1 saturated carbocycles. The number of rotatable bonds is 8. The minimum atomic E-state index is -5.08. The van der Waals surface area contributed by atoms with Crippen molar-refractivity contribution in [2.75, 3.05) is 32.7 Å². The lowest BCUT2D eigenvalue weighted by Gasteiger charge is -2.46. The van der Waals surface area contributed by atoms with Crippen LogP contribution in [-0.4, -0.2) is 96.3 Å². The lowest BCUT2D eigenvalue weighted by Crippen LogP contribution is -2.56. The van der Waals surface area contributed by atoms with Crippen LogP contribution in [0.25, 0.3) is 0 Å². The van der Waals surface area contributed by atoms with Gasteiger partial charge in [-0.15, -0.1) is 11.3 Å². The van der Waals surface area contributed by atoms with Gasteiger partial charge in [-0.25, -0.2) is 18.0 Å². The highest BCUT2D eigenvalue weighted by Gasteiger charge is 2.55. The van der Waals surface area contributed by atoms with Crippen molar-refractivity contribution in [1.29, 1.82) is 0 Å². The second-order valence-corrected chi connectivity index (χ2v) is 15.3. The first-order chi connectivity index (χ1) is 20.4. The largest absolute Gasteiger partial charge is 0.490 e. The lowest BCUT2D eigenvalue weighted by molar-refractivity contribution is -0.192. The number of carboxylic acid groups (broad SMARTS) is 1. The molecule has 1 N–H and O–H groups in total. The number of hydrogen-bond acceptors (Lipinski definition) is 7. The molecule has 1 aliphatic carbocycles. The number of carboxylic acids is 1. The van der Waals surface area contributed by atoms with Gasteiger partial charge in [-0.3, -0.25) is 4.90 Å². The van der Waals surface area contributed by atoms with E-state index >= 15 is 0 Å². The Kier molecular flexibility index (Phi) is 11.4. The molecule has 9 nitrogen and oxygen atoms in total. The molecule has 4 heterocycles. The molecule has 3 saturated heterocycles. The van der Waals surface area contributed by atoms with Crippen molar-refractivity contribution in [3.63, 3.8) is 0 Å². The molecule has 14 heteroatoms. The van der Waals surface area contributed by atoms with E-state index in [0.717, 1.165) is 64.6 Å². The van der Waals surface area contributed by atoms with E-state index in [4.69, 9.17) is 14.6 Å². The summed E-state index contributed by atoms with van der Waals surface area (Å²) in [5, 5.41) is 8.95. The molecule has 5 rings (SSSR count). The molecule has 1 amide bonds. The number of halogens is 3. The number of nitrogens with zero attached hydrogens (tertiary/aromatic N) is 3. The third-order valence-corrected chi connectivity index (χ3v) is 12.7. The zero-order chi connectivity index (χ0) is 31.3. The van der Waals surface area contributed by atoms with E-state index in [-0.39, 0.29) is 17.7 Å². The van der Waals surface area contributed by atoms with Crippen LogP contribution in [0.15, 0.2) is 21.7 Å². The first-order valence-corrected chi connectivity index (χ1v) is 17.8. The van der Waals surface area contributed by atoms with Gasteiger partial charge in [0.15, 0.2) is 0 Å². The van der Waals surface area contributed by atoms with Crippen molar-refractivity contribution in [3.05, 3.63) is 17.5 Å². The zero-order valence-corrected chi connectivity index (χ0v) is 26.4. The smallest absolute Gasteiger partial charge is 0.475 e. The Labute approximate surface area is 256 Å². The molecule has 43 heavy (non-hydrogen) atoms. The fourth-order valence-corrected chi connectivity index (χ4v) is 9.68. The highest BCUT2D eigenvalue weighted by atomic mass is 32.2. The summed E-state index contributed by atoms with van der Waals surface area (Å²) >= 11 is 1.29. The van der Waals surface area contributed by atoms with Crippen LogP contribution in [0.1, 0.15) is 84.0 Å². The standard InChI is InChI=1S/C27H43N3O4S2.C2HF3O2/c1-2-3-10-24-27(34-26(31)30(24)21-22-8-5-4-6-9-22)14-18-28(19-15-27)23-12-16-29(17-13-23)36(32,33)25-11-7-20-35-25;3-2(4,5)1(6)7/h7,11,20,22-24H,2-6,8-10,12-19,21H2,1H3;(H,6,7). The Morgan fingerprint density at radius 3 is 2.26 bits per heavy atom. The zero-order valence-electron chi connectivity index (χ0n) is 24.8. The monoisotopic (exact) mass is 651 g/mol. The van der Waals surface area contributed by atoms with Gasteiger partial charge >= 0.3 is 18.2 Å². The summed E-state index contributed by atoms with van der Waals surface area (Å²) in [7, 11) is -3.36. The van der Waals surface area contributed by atoms with Crippen molar-refractivity contribution < 1.29 is 41.0 Å². The second-order valence-electron chi connectivity index (χ2n) is 12.2. The molecule has 1 aromatic rings. The number of unbranched alkanes of at least 4 members (excludes halogenated alkanes) is 1. The van der Waals surface area contributed by atoms with Crippen LogP contribution in [-0.2, 0) is 19.6 Å². The Morgan fingerprint density at radius 2 is 1.72 bits per heavy atom. The first-order valence-electron chi connectivity index (χ1n) is 15.4. The number of sulfonamides is 1. The highest BCUT2D eigenvalue weighted by molar-refractivity contribution is 7.91. The van der Waals surface area contributed by atoms with Gasteiger partial charge in [0.05, 0.1) is 6.04 Å². The average molecular weight is 652 g/mol. The number of thiophene rings is 1. The van der Waals surface area contributed by atoms with Crippen molar-refractivity contribution in [2.45, 2.75) is 112 Å². The summed E-state index contributed by atoms with van der Waals surface area (Å²) in [6, 6.07) is 4.10. The van der Waals surface area contributed by atoms with E-state index in [1.54, 1.807) is 16.4 Å². The summed E-state index contributed by atoms with van der Waals surface area (Å²) in [4.78, 5) is 26.7.